The van der Waals surface area contributed by atoms with Crippen molar-refractivity contribution in [2.45, 2.75) is 9.92 Å². The average Bonchev–Trinajstić information content (AvgIpc) is 2.47. The number of nitrogens with one attached hydrogen (secondary N) is 1. The Bertz CT molecular complexity index is 886. The molecule has 0 fully saturated rings. The molecule has 0 saturated heterocycles. The topological polar surface area (TPSA) is 70.2 Å². The zero-order valence-electron chi connectivity index (χ0n) is 10.9. The first-order valence-corrected chi connectivity index (χ1v) is 7.08. The fraction of sp³-hybridized carbons (Fsp3) is 0. The fourth-order valence-electron chi connectivity index (χ4n) is 2.06. The van der Waals surface area contributed by atoms with E-state index in [0.717, 1.165) is 10.3 Å². The molecule has 0 radical (unpaired) electrons. The van der Waals surface area contributed by atoms with Crippen molar-refractivity contribution >= 4 is 28.5 Å². The maximum absolute atomic E-state index is 12.0. The van der Waals surface area contributed by atoms with Crippen LogP contribution in [0.1, 0.15) is 10.4 Å². The van der Waals surface area contributed by atoms with Crippen LogP contribution in [0.15, 0.2) is 69.3 Å². The second kappa shape index (κ2) is 5.46. The number of aromatic amines is 1. The lowest BCUT2D eigenvalue weighted by Crippen LogP contribution is -2.06. The van der Waals surface area contributed by atoms with Crippen LogP contribution < -0.4 is 5.56 Å². The number of carboxylic acids is 1. The minimum absolute atomic E-state index is 0.148. The van der Waals surface area contributed by atoms with Crippen LogP contribution in [0.2, 0.25) is 0 Å². The molecule has 1 heterocycles. The fourth-order valence-corrected chi connectivity index (χ4v) is 2.98. The lowest BCUT2D eigenvalue weighted by Gasteiger charge is -2.04. The Morgan fingerprint density at radius 3 is 2.67 bits per heavy atom. The summed E-state index contributed by atoms with van der Waals surface area (Å²) in [6.07, 6.45) is 0. The molecule has 0 amide bonds. The molecule has 1 aromatic heterocycles. The molecule has 0 aliphatic carbocycles. The van der Waals surface area contributed by atoms with Crippen LogP contribution in [0.25, 0.3) is 10.8 Å². The van der Waals surface area contributed by atoms with Crippen molar-refractivity contribution in [2.24, 2.45) is 0 Å². The third-order valence-corrected chi connectivity index (χ3v) is 3.97. The number of aromatic carboxylic acids is 1. The molecular weight excluding hydrogens is 286 g/mol. The summed E-state index contributed by atoms with van der Waals surface area (Å²) in [6.45, 7) is 0. The highest BCUT2D eigenvalue weighted by Gasteiger charge is 2.06. The van der Waals surface area contributed by atoms with E-state index in [1.54, 1.807) is 18.2 Å². The van der Waals surface area contributed by atoms with Crippen LogP contribution in [-0.4, -0.2) is 16.1 Å². The highest BCUT2D eigenvalue weighted by molar-refractivity contribution is 7.99. The smallest absolute Gasteiger partial charge is 0.335 e. The Labute approximate surface area is 124 Å². The van der Waals surface area contributed by atoms with Crippen molar-refractivity contribution in [1.29, 1.82) is 0 Å². The molecule has 5 heteroatoms. The third-order valence-electron chi connectivity index (χ3n) is 3.04. The van der Waals surface area contributed by atoms with Gasteiger partial charge in [0, 0.05) is 10.3 Å². The van der Waals surface area contributed by atoms with Gasteiger partial charge in [0.2, 0.25) is 0 Å². The van der Waals surface area contributed by atoms with Gasteiger partial charge >= 0.3 is 5.97 Å². The largest absolute Gasteiger partial charge is 0.478 e. The summed E-state index contributed by atoms with van der Waals surface area (Å²) in [5.74, 6) is -0.968. The minimum atomic E-state index is -0.968. The summed E-state index contributed by atoms with van der Waals surface area (Å²) in [6, 6.07) is 15.8. The molecule has 0 spiro atoms. The zero-order chi connectivity index (χ0) is 14.8. The summed E-state index contributed by atoms with van der Waals surface area (Å²) in [5.41, 5.74) is 0.0770. The number of pyridine rings is 1. The maximum Gasteiger partial charge on any atom is 0.335 e. The van der Waals surface area contributed by atoms with Gasteiger partial charge in [0.25, 0.3) is 5.56 Å². The quantitative estimate of drug-likeness (QED) is 0.777. The van der Waals surface area contributed by atoms with E-state index >= 15 is 0 Å². The lowest BCUT2D eigenvalue weighted by atomic mass is 10.2. The zero-order valence-corrected chi connectivity index (χ0v) is 11.7. The van der Waals surface area contributed by atoms with Crippen molar-refractivity contribution in [3.05, 3.63) is 70.5 Å². The SMILES string of the molecule is O=C(O)c1cccc(Sc2cc3ccccc3c(=O)[nH]2)c1. The second-order valence-corrected chi connectivity index (χ2v) is 5.60. The number of hydrogen-bond acceptors (Lipinski definition) is 3. The van der Waals surface area contributed by atoms with E-state index in [1.165, 1.54) is 17.8 Å². The standard InChI is InChI=1S/C16H11NO3S/c18-15-13-7-2-1-4-10(13)9-14(17-15)21-12-6-3-5-11(8-12)16(19)20/h1-9H,(H,17,18)(H,19,20). The van der Waals surface area contributed by atoms with Gasteiger partial charge < -0.3 is 10.1 Å². The predicted molar refractivity (Wildman–Crippen MR) is 82.1 cm³/mol. The molecule has 2 aromatic carbocycles. The van der Waals surface area contributed by atoms with Gasteiger partial charge in [0.15, 0.2) is 0 Å². The molecular formula is C16H11NO3S. The number of fused-ring (bicyclic) bond motifs is 1. The Morgan fingerprint density at radius 1 is 1.05 bits per heavy atom. The van der Waals surface area contributed by atoms with Crippen molar-refractivity contribution in [3.8, 4) is 0 Å². The molecule has 3 rings (SSSR count). The van der Waals surface area contributed by atoms with Crippen molar-refractivity contribution in [3.63, 3.8) is 0 Å². The van der Waals surface area contributed by atoms with Crippen molar-refractivity contribution in [1.82, 2.24) is 4.98 Å². The molecule has 0 aliphatic heterocycles. The van der Waals surface area contributed by atoms with Crippen LogP contribution in [-0.2, 0) is 0 Å². The molecule has 0 unspecified atom stereocenters. The second-order valence-electron chi connectivity index (χ2n) is 4.49. The first-order chi connectivity index (χ1) is 10.1. The normalized spacial score (nSPS) is 10.7. The van der Waals surface area contributed by atoms with E-state index in [0.29, 0.717) is 10.4 Å². The van der Waals surface area contributed by atoms with Gasteiger partial charge in [0.05, 0.1) is 10.6 Å². The van der Waals surface area contributed by atoms with Crippen LogP contribution in [0, 0.1) is 0 Å². The average molecular weight is 297 g/mol. The van der Waals surface area contributed by atoms with Crippen LogP contribution >= 0.6 is 11.8 Å². The maximum atomic E-state index is 12.0. The van der Waals surface area contributed by atoms with Crippen LogP contribution in [0.3, 0.4) is 0 Å². The van der Waals surface area contributed by atoms with Gasteiger partial charge in [-0.05, 0) is 35.7 Å². The number of carbonyl (C=O) groups is 1. The summed E-state index contributed by atoms with van der Waals surface area (Å²) >= 11 is 1.33. The minimum Gasteiger partial charge on any atom is -0.478 e. The van der Waals surface area contributed by atoms with E-state index in [1.807, 2.05) is 30.3 Å². The summed E-state index contributed by atoms with van der Waals surface area (Å²) in [7, 11) is 0. The molecule has 21 heavy (non-hydrogen) atoms. The number of benzene rings is 2. The van der Waals surface area contributed by atoms with Gasteiger partial charge in [-0.3, -0.25) is 4.79 Å². The molecule has 0 bridgehead atoms. The van der Waals surface area contributed by atoms with E-state index in [9.17, 15) is 9.59 Å². The van der Waals surface area contributed by atoms with E-state index in [2.05, 4.69) is 4.98 Å². The van der Waals surface area contributed by atoms with Crippen LogP contribution in [0.4, 0.5) is 0 Å². The Kier molecular flexibility index (Phi) is 3.50. The first kappa shape index (κ1) is 13.5. The summed E-state index contributed by atoms with van der Waals surface area (Å²) in [5, 5.41) is 11.2. The Morgan fingerprint density at radius 2 is 1.86 bits per heavy atom. The predicted octanol–water partition coefficient (Wildman–Crippen LogP) is 3.38. The number of rotatable bonds is 3. The Balaban J connectivity index is 2.00. The third kappa shape index (κ3) is 2.83. The lowest BCUT2D eigenvalue weighted by molar-refractivity contribution is 0.0696. The van der Waals surface area contributed by atoms with E-state index in [-0.39, 0.29) is 11.1 Å². The summed E-state index contributed by atoms with van der Waals surface area (Å²) < 4.78 is 0. The first-order valence-electron chi connectivity index (χ1n) is 6.27. The van der Waals surface area contributed by atoms with Gasteiger partial charge in [-0.15, -0.1) is 0 Å². The number of H-pyrrole nitrogens is 1. The van der Waals surface area contributed by atoms with E-state index in [4.69, 9.17) is 5.11 Å². The molecule has 0 saturated carbocycles. The van der Waals surface area contributed by atoms with Crippen molar-refractivity contribution < 1.29 is 9.90 Å². The molecule has 0 aliphatic rings. The Hall–Kier alpha value is -2.53. The van der Waals surface area contributed by atoms with Gasteiger partial charge in [-0.2, -0.15) is 0 Å². The number of hydrogen-bond donors (Lipinski definition) is 2. The molecule has 104 valence electrons. The number of carboxylic acid groups (broad SMARTS) is 1. The van der Waals surface area contributed by atoms with E-state index < -0.39 is 5.97 Å². The monoisotopic (exact) mass is 297 g/mol. The summed E-state index contributed by atoms with van der Waals surface area (Å²) in [4.78, 5) is 26.5. The highest BCUT2D eigenvalue weighted by atomic mass is 32.2. The van der Waals surface area contributed by atoms with Crippen LogP contribution in [0.5, 0.6) is 0 Å². The number of aromatic nitrogens is 1. The molecule has 3 aromatic rings. The highest BCUT2D eigenvalue weighted by Crippen LogP contribution is 2.27. The van der Waals surface area contributed by atoms with Gasteiger partial charge in [0.1, 0.15) is 0 Å². The van der Waals surface area contributed by atoms with Gasteiger partial charge in [-0.25, -0.2) is 4.79 Å². The molecule has 2 N–H and O–H groups in total. The molecule has 4 nitrogen and oxygen atoms in total. The molecule has 0 atom stereocenters. The van der Waals surface area contributed by atoms with Gasteiger partial charge in [-0.1, -0.05) is 36.0 Å². The van der Waals surface area contributed by atoms with Crippen molar-refractivity contribution in [2.75, 3.05) is 0 Å².